The van der Waals surface area contributed by atoms with Crippen LogP contribution in [0.15, 0.2) is 30.5 Å². The number of benzene rings is 1. The van der Waals surface area contributed by atoms with E-state index >= 15 is 0 Å². The van der Waals surface area contributed by atoms with Crippen LogP contribution in [0.4, 0.5) is 0 Å². The van der Waals surface area contributed by atoms with Gasteiger partial charge >= 0.3 is 0 Å². The number of nitrogens with one attached hydrogen (secondary N) is 1. The Morgan fingerprint density at radius 1 is 1.21 bits per heavy atom. The predicted molar refractivity (Wildman–Crippen MR) is 111 cm³/mol. The molecule has 150 valence electrons. The van der Waals surface area contributed by atoms with E-state index in [0.717, 1.165) is 40.6 Å². The Bertz CT molecular complexity index is 1040. The smallest absolute Gasteiger partial charge is 0.289 e. The minimum absolute atomic E-state index is 0.0107. The summed E-state index contributed by atoms with van der Waals surface area (Å²) in [6.45, 7) is 2.71. The number of imidazole rings is 1. The van der Waals surface area contributed by atoms with Crippen molar-refractivity contribution in [2.75, 3.05) is 13.1 Å². The van der Waals surface area contributed by atoms with Crippen LogP contribution in [0.2, 0.25) is 0 Å². The fourth-order valence-corrected chi connectivity index (χ4v) is 4.65. The summed E-state index contributed by atoms with van der Waals surface area (Å²) >= 11 is 1.63. The van der Waals surface area contributed by atoms with Crippen molar-refractivity contribution in [2.45, 2.75) is 38.8 Å². The second kappa shape index (κ2) is 7.59. The maximum atomic E-state index is 12.6. The van der Waals surface area contributed by atoms with Gasteiger partial charge in [0.1, 0.15) is 0 Å². The largest absolute Gasteiger partial charge is 0.350 e. The van der Waals surface area contributed by atoms with Gasteiger partial charge in [-0.1, -0.05) is 12.1 Å². The van der Waals surface area contributed by atoms with Crippen molar-refractivity contribution in [1.82, 2.24) is 24.8 Å². The first-order valence-electron chi connectivity index (χ1n) is 10.1. The zero-order valence-corrected chi connectivity index (χ0v) is 17.0. The van der Waals surface area contributed by atoms with Crippen molar-refractivity contribution < 1.29 is 9.59 Å². The van der Waals surface area contributed by atoms with Crippen LogP contribution in [0.1, 0.15) is 40.6 Å². The number of fused-ring (bicyclic) bond motifs is 2. The summed E-state index contributed by atoms with van der Waals surface area (Å²) in [6, 6.07) is 8.00. The lowest BCUT2D eigenvalue weighted by Gasteiger charge is -2.27. The number of para-hydroxylation sites is 1. The molecule has 1 aliphatic heterocycles. The fraction of sp³-hybridized carbons (Fsp3) is 0.429. The molecule has 0 bridgehead atoms. The van der Waals surface area contributed by atoms with Crippen molar-refractivity contribution in [3.8, 4) is 0 Å². The Morgan fingerprint density at radius 3 is 2.90 bits per heavy atom. The van der Waals surface area contributed by atoms with Gasteiger partial charge in [-0.05, 0) is 30.9 Å². The Hall–Kier alpha value is -2.74. The molecule has 0 radical (unpaired) electrons. The zero-order valence-electron chi connectivity index (χ0n) is 16.1. The molecule has 8 heteroatoms. The molecule has 7 nitrogen and oxygen atoms in total. The van der Waals surface area contributed by atoms with E-state index in [2.05, 4.69) is 15.3 Å². The number of nitrogens with zero attached hydrogens (tertiary/aromatic N) is 4. The molecular weight excluding hydrogens is 386 g/mol. The lowest BCUT2D eigenvalue weighted by molar-refractivity contribution is -0.121. The molecule has 0 saturated heterocycles. The second-order valence-corrected chi connectivity index (χ2v) is 8.91. The average molecular weight is 410 g/mol. The Morgan fingerprint density at radius 2 is 2.07 bits per heavy atom. The van der Waals surface area contributed by atoms with Gasteiger partial charge in [-0.15, -0.1) is 11.3 Å². The highest BCUT2D eigenvalue weighted by molar-refractivity contribution is 7.18. The lowest BCUT2D eigenvalue weighted by Crippen LogP contribution is -2.41. The third kappa shape index (κ3) is 4.03. The lowest BCUT2D eigenvalue weighted by atomic mass is 10.3. The van der Waals surface area contributed by atoms with Gasteiger partial charge in [0.2, 0.25) is 5.91 Å². The summed E-state index contributed by atoms with van der Waals surface area (Å²) in [5.41, 5.74) is 1.71. The number of carbonyl (C=O) groups is 2. The molecule has 29 heavy (non-hydrogen) atoms. The first-order chi connectivity index (χ1) is 14.2. The van der Waals surface area contributed by atoms with Gasteiger partial charge in [0.15, 0.2) is 5.82 Å². The van der Waals surface area contributed by atoms with E-state index in [0.29, 0.717) is 31.1 Å². The fourth-order valence-electron chi connectivity index (χ4n) is 3.68. The van der Waals surface area contributed by atoms with Gasteiger partial charge in [0.25, 0.3) is 5.91 Å². The van der Waals surface area contributed by atoms with Gasteiger partial charge < -0.3 is 14.8 Å². The molecule has 1 aromatic carbocycles. The van der Waals surface area contributed by atoms with E-state index in [-0.39, 0.29) is 11.8 Å². The van der Waals surface area contributed by atoms with E-state index in [4.69, 9.17) is 0 Å². The molecule has 2 amide bonds. The number of thiazole rings is 1. The van der Waals surface area contributed by atoms with E-state index in [1.807, 2.05) is 39.9 Å². The van der Waals surface area contributed by atoms with Crippen LogP contribution >= 0.6 is 11.3 Å². The highest BCUT2D eigenvalue weighted by Crippen LogP contribution is 2.30. The highest BCUT2D eigenvalue weighted by atomic mass is 32.1. The molecule has 0 unspecified atom stereocenters. The number of aryl methyl sites for hydroxylation is 1. The number of amides is 2. The third-order valence-electron chi connectivity index (χ3n) is 5.46. The summed E-state index contributed by atoms with van der Waals surface area (Å²) < 4.78 is 3.06. The van der Waals surface area contributed by atoms with E-state index in [1.165, 1.54) is 12.8 Å². The van der Waals surface area contributed by atoms with Gasteiger partial charge in [-0.3, -0.25) is 9.59 Å². The van der Waals surface area contributed by atoms with Crippen LogP contribution in [0.5, 0.6) is 0 Å². The molecule has 3 heterocycles. The quantitative estimate of drug-likeness (QED) is 0.651. The van der Waals surface area contributed by atoms with Crippen LogP contribution < -0.4 is 5.32 Å². The van der Waals surface area contributed by atoms with Gasteiger partial charge in [-0.2, -0.15) is 0 Å². The minimum atomic E-state index is -0.0306. The number of aromatic nitrogens is 3. The van der Waals surface area contributed by atoms with Gasteiger partial charge in [-0.25, -0.2) is 9.97 Å². The summed E-state index contributed by atoms with van der Waals surface area (Å²) in [5, 5.41) is 3.89. The van der Waals surface area contributed by atoms with Gasteiger partial charge in [0.05, 0.1) is 27.5 Å². The van der Waals surface area contributed by atoms with Crippen LogP contribution in [0.3, 0.4) is 0 Å². The van der Waals surface area contributed by atoms with Crippen molar-refractivity contribution in [2.24, 2.45) is 5.92 Å². The Kier molecular flexibility index (Phi) is 4.79. The zero-order chi connectivity index (χ0) is 19.8. The summed E-state index contributed by atoms with van der Waals surface area (Å²) in [6.07, 6.45) is 5.36. The summed E-state index contributed by atoms with van der Waals surface area (Å²) in [5.74, 6) is 1.15. The average Bonchev–Trinajstić information content (AvgIpc) is 3.28. The second-order valence-electron chi connectivity index (χ2n) is 7.80. The van der Waals surface area contributed by atoms with Crippen LogP contribution in [0, 0.1) is 5.92 Å². The van der Waals surface area contributed by atoms with Crippen molar-refractivity contribution in [1.29, 1.82) is 0 Å². The maximum absolute atomic E-state index is 12.6. The maximum Gasteiger partial charge on any atom is 0.289 e. The van der Waals surface area contributed by atoms with Crippen LogP contribution in [0.25, 0.3) is 10.2 Å². The first-order valence-corrected chi connectivity index (χ1v) is 10.9. The molecular formula is C21H23N5O2S. The normalized spacial score (nSPS) is 16.3. The molecule has 2 aliphatic rings. The number of hydrogen-bond acceptors (Lipinski definition) is 5. The van der Waals surface area contributed by atoms with Gasteiger partial charge in [0, 0.05) is 38.7 Å². The SMILES string of the molecule is O=C(CCc1nc2ccccc2s1)NCc1cn2c(n1)C(=O)N(CC1CC1)CC2. The van der Waals surface area contributed by atoms with E-state index < -0.39 is 0 Å². The topological polar surface area (TPSA) is 80.1 Å². The van der Waals surface area contributed by atoms with Crippen LogP contribution in [-0.4, -0.2) is 44.3 Å². The van der Waals surface area contributed by atoms with Crippen molar-refractivity contribution in [3.05, 3.63) is 47.0 Å². The van der Waals surface area contributed by atoms with Crippen LogP contribution in [-0.2, 0) is 24.3 Å². The first kappa shape index (κ1) is 18.3. The highest BCUT2D eigenvalue weighted by Gasteiger charge is 2.31. The number of carbonyl (C=O) groups excluding carboxylic acids is 2. The molecule has 0 atom stereocenters. The predicted octanol–water partition coefficient (Wildman–Crippen LogP) is 2.61. The molecule has 1 aliphatic carbocycles. The minimum Gasteiger partial charge on any atom is -0.350 e. The number of hydrogen-bond donors (Lipinski definition) is 1. The molecule has 1 N–H and O–H groups in total. The molecule has 3 aromatic rings. The standard InChI is InChI=1S/C21H23N5O2S/c27-18(7-8-19-24-16-3-1-2-4-17(16)29-19)22-11-15-13-25-9-10-26(12-14-5-6-14)21(28)20(25)23-15/h1-4,13-14H,5-12H2,(H,22,27). The van der Waals surface area contributed by atoms with E-state index in [1.54, 1.807) is 11.3 Å². The molecule has 5 rings (SSSR count). The monoisotopic (exact) mass is 409 g/mol. The molecule has 0 spiro atoms. The van der Waals surface area contributed by atoms with Crippen molar-refractivity contribution in [3.63, 3.8) is 0 Å². The van der Waals surface area contributed by atoms with Crippen molar-refractivity contribution >= 4 is 33.4 Å². The third-order valence-corrected chi connectivity index (χ3v) is 6.56. The molecule has 1 saturated carbocycles. The molecule has 2 aromatic heterocycles. The van der Waals surface area contributed by atoms with E-state index in [9.17, 15) is 9.59 Å². The summed E-state index contributed by atoms with van der Waals surface area (Å²) in [7, 11) is 0. The molecule has 1 fully saturated rings. The Labute approximate surface area is 172 Å². The Balaban J connectivity index is 1.14. The summed E-state index contributed by atoms with van der Waals surface area (Å²) in [4.78, 5) is 35.8. The number of rotatable bonds is 7.